The Hall–Kier alpha value is -2.69. The first-order chi connectivity index (χ1) is 12.0. The van der Waals surface area contributed by atoms with Crippen molar-refractivity contribution < 1.29 is 14.0 Å². The fourth-order valence-corrected chi connectivity index (χ4v) is 3.52. The molecule has 0 spiro atoms. The summed E-state index contributed by atoms with van der Waals surface area (Å²) in [5.74, 6) is -0.759. The Labute approximate surface area is 146 Å². The molecule has 0 heterocycles. The van der Waals surface area contributed by atoms with Gasteiger partial charge < -0.3 is 10.6 Å². The van der Waals surface area contributed by atoms with Gasteiger partial charge in [-0.2, -0.15) is 0 Å². The summed E-state index contributed by atoms with van der Waals surface area (Å²) in [5.41, 5.74) is 0.867. The fourth-order valence-electron chi connectivity index (χ4n) is 3.52. The van der Waals surface area contributed by atoms with Crippen LogP contribution < -0.4 is 10.6 Å². The maximum absolute atomic E-state index is 14.3. The van der Waals surface area contributed by atoms with Crippen LogP contribution in [0.4, 0.5) is 10.1 Å². The van der Waals surface area contributed by atoms with Gasteiger partial charge in [-0.05, 0) is 37.1 Å². The summed E-state index contributed by atoms with van der Waals surface area (Å²) < 4.78 is 14.3. The summed E-state index contributed by atoms with van der Waals surface area (Å²) >= 11 is 0. The summed E-state index contributed by atoms with van der Waals surface area (Å²) in [6.45, 7) is 1.42. The molecule has 130 valence electrons. The van der Waals surface area contributed by atoms with Crippen molar-refractivity contribution >= 4 is 17.5 Å². The van der Waals surface area contributed by atoms with Gasteiger partial charge in [0.15, 0.2) is 0 Å². The molecule has 0 aliphatic heterocycles. The van der Waals surface area contributed by atoms with Crippen LogP contribution in [0.2, 0.25) is 0 Å². The first-order valence-electron chi connectivity index (χ1n) is 8.45. The van der Waals surface area contributed by atoms with Crippen LogP contribution in [0.1, 0.15) is 48.5 Å². The molecule has 0 bridgehead atoms. The molecule has 1 aliphatic rings. The largest absolute Gasteiger partial charge is 0.342 e. The summed E-state index contributed by atoms with van der Waals surface area (Å²) in [4.78, 5) is 24.0. The molecule has 2 N–H and O–H groups in total. The lowest BCUT2D eigenvalue weighted by molar-refractivity contribution is -0.114. The number of hydrogen-bond donors (Lipinski definition) is 2. The number of carbonyl (C=O) groups excluding carboxylic acids is 2. The zero-order valence-corrected chi connectivity index (χ0v) is 14.1. The number of amides is 2. The summed E-state index contributed by atoms with van der Waals surface area (Å²) in [6.07, 6.45) is 3.32. The van der Waals surface area contributed by atoms with Crippen LogP contribution in [-0.4, -0.2) is 11.8 Å². The Balaban J connectivity index is 1.87. The van der Waals surface area contributed by atoms with E-state index in [0.717, 1.165) is 12.8 Å². The zero-order valence-electron chi connectivity index (χ0n) is 14.1. The van der Waals surface area contributed by atoms with E-state index in [0.29, 0.717) is 29.7 Å². The molecule has 2 aromatic rings. The minimum atomic E-state index is -0.674. The molecule has 0 aromatic heterocycles. The van der Waals surface area contributed by atoms with Gasteiger partial charge in [-0.1, -0.05) is 37.1 Å². The average Bonchev–Trinajstić information content (AvgIpc) is 3.04. The smallest absolute Gasteiger partial charge is 0.252 e. The molecular weight excluding hydrogens is 319 g/mol. The van der Waals surface area contributed by atoms with Crippen molar-refractivity contribution in [2.24, 2.45) is 0 Å². The van der Waals surface area contributed by atoms with E-state index in [1.165, 1.54) is 13.0 Å². The third kappa shape index (κ3) is 3.71. The van der Waals surface area contributed by atoms with Crippen molar-refractivity contribution in [2.75, 3.05) is 5.32 Å². The van der Waals surface area contributed by atoms with Crippen LogP contribution in [0.15, 0.2) is 48.5 Å². The average molecular weight is 340 g/mol. The quantitative estimate of drug-likeness (QED) is 0.884. The molecule has 1 saturated carbocycles. The van der Waals surface area contributed by atoms with Crippen LogP contribution >= 0.6 is 0 Å². The number of carbonyl (C=O) groups is 2. The molecule has 1 fully saturated rings. The Kier molecular flexibility index (Phi) is 4.83. The third-order valence-corrected chi connectivity index (χ3v) is 4.64. The minimum Gasteiger partial charge on any atom is -0.342 e. The maximum Gasteiger partial charge on any atom is 0.252 e. The predicted octanol–water partition coefficient (Wildman–Crippen LogP) is 3.98. The van der Waals surface area contributed by atoms with Crippen LogP contribution in [0, 0.1) is 5.82 Å². The topological polar surface area (TPSA) is 58.2 Å². The van der Waals surface area contributed by atoms with Crippen LogP contribution in [0.5, 0.6) is 0 Å². The van der Waals surface area contributed by atoms with Gasteiger partial charge in [-0.15, -0.1) is 0 Å². The Morgan fingerprint density at radius 3 is 2.44 bits per heavy atom. The molecule has 0 unspecified atom stereocenters. The third-order valence-electron chi connectivity index (χ3n) is 4.64. The second-order valence-corrected chi connectivity index (χ2v) is 6.49. The van der Waals surface area contributed by atoms with Gasteiger partial charge >= 0.3 is 0 Å². The van der Waals surface area contributed by atoms with E-state index in [-0.39, 0.29) is 17.6 Å². The molecule has 0 saturated heterocycles. The lowest BCUT2D eigenvalue weighted by Gasteiger charge is -2.31. The van der Waals surface area contributed by atoms with Gasteiger partial charge in [0.1, 0.15) is 5.82 Å². The van der Waals surface area contributed by atoms with Gasteiger partial charge in [-0.3, -0.25) is 9.59 Å². The summed E-state index contributed by atoms with van der Waals surface area (Å²) in [6, 6.07) is 13.4. The maximum atomic E-state index is 14.3. The highest BCUT2D eigenvalue weighted by molar-refractivity contribution is 5.97. The number of halogens is 1. The van der Waals surface area contributed by atoms with E-state index >= 15 is 0 Å². The van der Waals surface area contributed by atoms with Crippen molar-refractivity contribution in [2.45, 2.75) is 38.1 Å². The molecule has 0 atom stereocenters. The standard InChI is InChI=1S/C20H21FN2O2/c1-14(24)22-16-8-6-7-15(13-16)19(25)23-20(11-4-5-12-20)17-9-2-3-10-18(17)21/h2-3,6-10,13H,4-5,11-12H2,1H3,(H,22,24)(H,23,25). The van der Waals surface area contributed by atoms with E-state index < -0.39 is 5.54 Å². The molecule has 2 aromatic carbocycles. The SMILES string of the molecule is CC(=O)Nc1cccc(C(=O)NC2(c3ccccc3F)CCCC2)c1. The Morgan fingerprint density at radius 1 is 1.04 bits per heavy atom. The van der Waals surface area contributed by atoms with Crippen molar-refractivity contribution in [3.8, 4) is 0 Å². The highest BCUT2D eigenvalue weighted by Crippen LogP contribution is 2.40. The Morgan fingerprint density at radius 2 is 1.76 bits per heavy atom. The number of anilines is 1. The van der Waals surface area contributed by atoms with E-state index in [2.05, 4.69) is 10.6 Å². The summed E-state index contributed by atoms with van der Waals surface area (Å²) in [7, 11) is 0. The molecule has 25 heavy (non-hydrogen) atoms. The number of benzene rings is 2. The van der Waals surface area contributed by atoms with E-state index in [4.69, 9.17) is 0 Å². The van der Waals surface area contributed by atoms with Crippen LogP contribution in [0.3, 0.4) is 0 Å². The monoisotopic (exact) mass is 340 g/mol. The lowest BCUT2D eigenvalue weighted by atomic mass is 9.87. The van der Waals surface area contributed by atoms with Gasteiger partial charge in [0.05, 0.1) is 5.54 Å². The molecule has 4 nitrogen and oxygen atoms in total. The van der Waals surface area contributed by atoms with Gasteiger partial charge in [0.25, 0.3) is 5.91 Å². The molecule has 3 rings (SSSR count). The van der Waals surface area contributed by atoms with Crippen molar-refractivity contribution in [3.63, 3.8) is 0 Å². The second kappa shape index (κ2) is 7.05. The highest BCUT2D eigenvalue weighted by Gasteiger charge is 2.39. The first-order valence-corrected chi connectivity index (χ1v) is 8.45. The van der Waals surface area contributed by atoms with Crippen LogP contribution in [-0.2, 0) is 10.3 Å². The molecule has 1 aliphatic carbocycles. The van der Waals surface area contributed by atoms with E-state index in [1.54, 1.807) is 42.5 Å². The zero-order chi connectivity index (χ0) is 17.9. The minimum absolute atomic E-state index is 0.198. The van der Waals surface area contributed by atoms with Crippen molar-refractivity contribution in [3.05, 3.63) is 65.5 Å². The van der Waals surface area contributed by atoms with Crippen molar-refractivity contribution in [1.29, 1.82) is 0 Å². The fraction of sp³-hybridized carbons (Fsp3) is 0.300. The van der Waals surface area contributed by atoms with Crippen molar-refractivity contribution in [1.82, 2.24) is 5.32 Å². The predicted molar refractivity (Wildman–Crippen MR) is 94.8 cm³/mol. The number of hydrogen-bond acceptors (Lipinski definition) is 2. The van der Waals surface area contributed by atoms with Gasteiger partial charge in [0.2, 0.25) is 5.91 Å². The molecule has 0 radical (unpaired) electrons. The molecule has 2 amide bonds. The lowest BCUT2D eigenvalue weighted by Crippen LogP contribution is -2.44. The van der Waals surface area contributed by atoms with E-state index in [1.807, 2.05) is 0 Å². The summed E-state index contributed by atoms with van der Waals surface area (Å²) in [5, 5.41) is 5.72. The van der Waals surface area contributed by atoms with E-state index in [9.17, 15) is 14.0 Å². The van der Waals surface area contributed by atoms with Crippen LogP contribution in [0.25, 0.3) is 0 Å². The first kappa shape index (κ1) is 17.1. The Bertz CT molecular complexity index is 798. The van der Waals surface area contributed by atoms with Gasteiger partial charge in [0, 0.05) is 23.7 Å². The molecular formula is C20H21FN2O2. The second-order valence-electron chi connectivity index (χ2n) is 6.49. The number of nitrogens with one attached hydrogen (secondary N) is 2. The number of rotatable bonds is 4. The highest BCUT2D eigenvalue weighted by atomic mass is 19.1. The normalized spacial score (nSPS) is 15.6. The molecule has 5 heteroatoms. The van der Waals surface area contributed by atoms with Gasteiger partial charge in [-0.25, -0.2) is 4.39 Å².